The Bertz CT molecular complexity index is 559. The predicted octanol–water partition coefficient (Wildman–Crippen LogP) is 5.02. The first-order chi connectivity index (χ1) is 12.5. The van der Waals surface area contributed by atoms with E-state index in [9.17, 15) is 0 Å². The van der Waals surface area contributed by atoms with Crippen LogP contribution in [0.1, 0.15) is 93.4 Å². The van der Waals surface area contributed by atoms with Crippen LogP contribution in [0.25, 0.3) is 0 Å². The van der Waals surface area contributed by atoms with Gasteiger partial charge in [0.25, 0.3) is 0 Å². The molecule has 4 rings (SSSR count). The van der Waals surface area contributed by atoms with Crippen molar-refractivity contribution in [2.45, 2.75) is 134 Å². The Balaban J connectivity index is 1.44. The molecule has 0 N–H and O–H groups in total. The number of epoxide rings is 3. The van der Waals surface area contributed by atoms with Crippen LogP contribution in [0.5, 0.6) is 0 Å². The van der Waals surface area contributed by atoms with E-state index in [2.05, 4.69) is 48.5 Å². The van der Waals surface area contributed by atoms with Crippen molar-refractivity contribution in [3.63, 3.8) is 0 Å². The molecular weight excluding hydrogens is 340 g/mol. The van der Waals surface area contributed by atoms with Gasteiger partial charge in [-0.15, -0.1) is 0 Å². The summed E-state index contributed by atoms with van der Waals surface area (Å²) in [4.78, 5) is 0. The summed E-state index contributed by atoms with van der Waals surface area (Å²) < 4.78 is 24.7. The second kappa shape index (κ2) is 6.17. The highest BCUT2D eigenvalue weighted by Gasteiger charge is 2.70. The number of hydrogen-bond acceptors (Lipinski definition) is 4. The molecule has 0 aromatic carbocycles. The van der Waals surface area contributed by atoms with E-state index in [0.29, 0.717) is 18.6 Å². The van der Waals surface area contributed by atoms with Gasteiger partial charge in [-0.25, -0.2) is 0 Å². The average molecular weight is 381 g/mol. The lowest BCUT2D eigenvalue weighted by Crippen LogP contribution is -2.46. The normalized spacial score (nSPS) is 45.7. The third-order valence-electron chi connectivity index (χ3n) is 8.45. The number of ether oxygens (including phenoxy) is 4. The van der Waals surface area contributed by atoms with Gasteiger partial charge in [-0.3, -0.25) is 0 Å². The molecule has 156 valence electrons. The second-order valence-electron chi connectivity index (χ2n) is 10.8. The molecule has 4 fully saturated rings. The molecule has 1 aliphatic carbocycles. The average Bonchev–Trinajstić information content (AvgIpc) is 3.54. The maximum atomic E-state index is 6.66. The highest BCUT2D eigenvalue weighted by atomic mass is 16.6. The van der Waals surface area contributed by atoms with Gasteiger partial charge in [0.2, 0.25) is 0 Å². The van der Waals surface area contributed by atoms with E-state index >= 15 is 0 Å². The fourth-order valence-corrected chi connectivity index (χ4v) is 5.78. The first-order valence-electron chi connectivity index (χ1n) is 11.2. The number of rotatable bonds is 9. The van der Waals surface area contributed by atoms with Crippen LogP contribution in [-0.2, 0) is 18.9 Å². The van der Waals surface area contributed by atoms with E-state index in [1.165, 1.54) is 12.8 Å². The molecule has 0 aromatic heterocycles. The van der Waals surface area contributed by atoms with E-state index in [-0.39, 0.29) is 34.1 Å². The number of fused-ring (bicyclic) bond motifs is 1. The Kier molecular flexibility index (Phi) is 4.60. The molecule has 3 saturated heterocycles. The Hall–Kier alpha value is -0.160. The maximum Gasteiger partial charge on any atom is 0.110 e. The summed E-state index contributed by atoms with van der Waals surface area (Å²) in [5, 5.41) is 0. The zero-order valence-corrected chi connectivity index (χ0v) is 18.5. The predicted molar refractivity (Wildman–Crippen MR) is 106 cm³/mol. The van der Waals surface area contributed by atoms with Crippen LogP contribution < -0.4 is 0 Å². The van der Waals surface area contributed by atoms with Gasteiger partial charge >= 0.3 is 0 Å². The van der Waals surface area contributed by atoms with Crippen molar-refractivity contribution in [3.8, 4) is 0 Å². The van der Waals surface area contributed by atoms with Gasteiger partial charge in [-0.1, -0.05) is 13.8 Å². The highest BCUT2D eigenvalue weighted by molar-refractivity contribution is 5.19. The molecule has 6 unspecified atom stereocenters. The molecule has 0 aromatic rings. The van der Waals surface area contributed by atoms with Gasteiger partial charge in [-0.2, -0.15) is 0 Å². The molecule has 27 heavy (non-hydrogen) atoms. The van der Waals surface area contributed by atoms with Crippen LogP contribution >= 0.6 is 0 Å². The molecule has 0 amide bonds. The molecule has 1 saturated carbocycles. The van der Waals surface area contributed by atoms with Crippen molar-refractivity contribution in [1.82, 2.24) is 0 Å². The summed E-state index contributed by atoms with van der Waals surface area (Å²) in [6.07, 6.45) is 8.52. The second-order valence-corrected chi connectivity index (χ2v) is 10.8. The van der Waals surface area contributed by atoms with E-state index in [1.54, 1.807) is 0 Å². The molecular formula is C23H40O4. The molecule has 4 aliphatic rings. The number of hydrogen-bond donors (Lipinski definition) is 0. The summed E-state index contributed by atoms with van der Waals surface area (Å²) in [6, 6.07) is 0. The fraction of sp³-hybridized carbons (Fsp3) is 1.00. The summed E-state index contributed by atoms with van der Waals surface area (Å²) >= 11 is 0. The molecule has 0 bridgehead atoms. The van der Waals surface area contributed by atoms with Crippen molar-refractivity contribution in [3.05, 3.63) is 0 Å². The Morgan fingerprint density at radius 3 is 2.07 bits per heavy atom. The van der Waals surface area contributed by atoms with Crippen LogP contribution in [0, 0.1) is 5.92 Å². The largest absolute Gasteiger partial charge is 0.372 e. The lowest BCUT2D eigenvalue weighted by Gasteiger charge is -2.42. The van der Waals surface area contributed by atoms with E-state index in [0.717, 1.165) is 32.1 Å². The van der Waals surface area contributed by atoms with Crippen molar-refractivity contribution in [2.75, 3.05) is 6.61 Å². The molecule has 4 heteroatoms. The monoisotopic (exact) mass is 380 g/mol. The zero-order valence-electron chi connectivity index (χ0n) is 18.5. The zero-order chi connectivity index (χ0) is 19.7. The van der Waals surface area contributed by atoms with Crippen LogP contribution in [-0.4, -0.2) is 46.8 Å². The van der Waals surface area contributed by atoms with E-state index < -0.39 is 0 Å². The first-order valence-corrected chi connectivity index (χ1v) is 11.2. The SMILES string of the molecule is CCC12CCC(C(C)(CCC3OC3(C)C)OCC3OC3(C)C)CC1(CC)O2. The van der Waals surface area contributed by atoms with Crippen molar-refractivity contribution in [1.29, 1.82) is 0 Å². The minimum absolute atomic E-state index is 0.0172. The Morgan fingerprint density at radius 2 is 1.56 bits per heavy atom. The van der Waals surface area contributed by atoms with E-state index in [1.807, 2.05) is 0 Å². The molecule has 4 nitrogen and oxygen atoms in total. The van der Waals surface area contributed by atoms with Crippen molar-refractivity contribution in [2.24, 2.45) is 5.92 Å². The molecule has 0 radical (unpaired) electrons. The van der Waals surface area contributed by atoms with Gasteiger partial charge in [0.15, 0.2) is 0 Å². The summed E-state index contributed by atoms with van der Waals surface area (Å²) in [5.41, 5.74) is 0.160. The fourth-order valence-electron chi connectivity index (χ4n) is 5.78. The lowest BCUT2D eigenvalue weighted by atomic mass is 9.66. The van der Waals surface area contributed by atoms with Gasteiger partial charge in [0, 0.05) is 0 Å². The Labute approximate surface area is 165 Å². The third-order valence-corrected chi connectivity index (χ3v) is 8.45. The van der Waals surface area contributed by atoms with Crippen LogP contribution in [0.2, 0.25) is 0 Å². The van der Waals surface area contributed by atoms with Gasteiger partial charge < -0.3 is 18.9 Å². The quantitative estimate of drug-likeness (QED) is 0.527. The van der Waals surface area contributed by atoms with Crippen LogP contribution in [0.3, 0.4) is 0 Å². The molecule has 3 aliphatic heterocycles. The van der Waals surface area contributed by atoms with Crippen LogP contribution in [0.4, 0.5) is 0 Å². The smallest absolute Gasteiger partial charge is 0.110 e. The standard InChI is InChI=1S/C23H40O4/c1-8-22-13-10-16(14-23(22,9-2)27-22)21(7,12-11-17-19(3,4)25-17)24-15-18-20(5,6)26-18/h16-18H,8-15H2,1-7H3. The van der Waals surface area contributed by atoms with Crippen LogP contribution in [0.15, 0.2) is 0 Å². The van der Waals surface area contributed by atoms with Crippen molar-refractivity contribution < 1.29 is 18.9 Å². The molecule has 3 heterocycles. The minimum Gasteiger partial charge on any atom is -0.372 e. The summed E-state index contributed by atoms with van der Waals surface area (Å²) in [6.45, 7) is 16.3. The van der Waals surface area contributed by atoms with Gasteiger partial charge in [0.1, 0.15) is 6.10 Å². The van der Waals surface area contributed by atoms with E-state index in [4.69, 9.17) is 18.9 Å². The van der Waals surface area contributed by atoms with Gasteiger partial charge in [-0.05, 0) is 85.5 Å². The maximum absolute atomic E-state index is 6.66. The van der Waals surface area contributed by atoms with Gasteiger partial charge in [0.05, 0.1) is 40.7 Å². The Morgan fingerprint density at radius 1 is 0.963 bits per heavy atom. The topological polar surface area (TPSA) is 46.8 Å². The van der Waals surface area contributed by atoms with Crippen molar-refractivity contribution >= 4 is 0 Å². The lowest BCUT2D eigenvalue weighted by molar-refractivity contribution is -0.0986. The molecule has 6 atom stereocenters. The first kappa shape index (κ1) is 20.1. The summed E-state index contributed by atoms with van der Waals surface area (Å²) in [7, 11) is 0. The molecule has 0 spiro atoms. The minimum atomic E-state index is -0.127. The summed E-state index contributed by atoms with van der Waals surface area (Å²) in [5.74, 6) is 0.545. The third kappa shape index (κ3) is 3.39. The highest BCUT2D eigenvalue weighted by Crippen LogP contribution is 2.64.